The lowest BCUT2D eigenvalue weighted by Crippen LogP contribution is -2.45. The summed E-state index contributed by atoms with van der Waals surface area (Å²) in [4.78, 5) is 14.4. The maximum absolute atomic E-state index is 12.4. The van der Waals surface area contributed by atoms with Crippen LogP contribution in [0.5, 0.6) is 0 Å². The number of amides is 1. The number of benzene rings is 1. The third kappa shape index (κ3) is 5.35. The van der Waals surface area contributed by atoms with Crippen molar-refractivity contribution in [3.05, 3.63) is 42.0 Å². The molecule has 0 saturated carbocycles. The molecule has 1 atom stereocenters. The Hall–Kier alpha value is -1.61. The van der Waals surface area contributed by atoms with Gasteiger partial charge in [0.15, 0.2) is 0 Å². The molecular formula is C18H26N2O. The summed E-state index contributed by atoms with van der Waals surface area (Å²) in [6, 6.07) is 10.4. The van der Waals surface area contributed by atoms with Crippen molar-refractivity contribution < 1.29 is 4.79 Å². The van der Waals surface area contributed by atoms with E-state index in [-0.39, 0.29) is 5.91 Å². The second-order valence-electron chi connectivity index (χ2n) is 5.68. The van der Waals surface area contributed by atoms with Crippen LogP contribution in [-0.2, 0) is 4.79 Å². The van der Waals surface area contributed by atoms with E-state index in [1.165, 1.54) is 19.3 Å². The quantitative estimate of drug-likeness (QED) is 0.815. The van der Waals surface area contributed by atoms with Gasteiger partial charge in [0.2, 0.25) is 5.91 Å². The zero-order valence-corrected chi connectivity index (χ0v) is 12.9. The molecular weight excluding hydrogens is 260 g/mol. The molecule has 114 valence electrons. The van der Waals surface area contributed by atoms with Crippen LogP contribution in [-0.4, -0.2) is 36.5 Å². The number of piperidine rings is 1. The summed E-state index contributed by atoms with van der Waals surface area (Å²) in [5.41, 5.74) is 1.07. The molecule has 1 heterocycles. The Labute approximate surface area is 128 Å². The molecule has 1 unspecified atom stereocenters. The minimum atomic E-state index is 0.119. The lowest BCUT2D eigenvalue weighted by molar-refractivity contribution is -0.126. The van der Waals surface area contributed by atoms with Crippen LogP contribution in [0.2, 0.25) is 0 Å². The van der Waals surface area contributed by atoms with Crippen LogP contribution in [0, 0.1) is 0 Å². The maximum atomic E-state index is 12.4. The van der Waals surface area contributed by atoms with Gasteiger partial charge in [-0.25, -0.2) is 0 Å². The molecule has 3 heteroatoms. The van der Waals surface area contributed by atoms with Crippen molar-refractivity contribution in [2.24, 2.45) is 0 Å². The van der Waals surface area contributed by atoms with E-state index in [9.17, 15) is 4.79 Å². The highest BCUT2D eigenvalue weighted by molar-refractivity contribution is 5.91. The minimum absolute atomic E-state index is 0.119. The van der Waals surface area contributed by atoms with Crippen LogP contribution < -0.4 is 5.32 Å². The minimum Gasteiger partial charge on any atom is -0.338 e. The summed E-state index contributed by atoms with van der Waals surface area (Å²) < 4.78 is 0. The zero-order valence-electron chi connectivity index (χ0n) is 12.9. The monoisotopic (exact) mass is 286 g/mol. The first-order valence-electron chi connectivity index (χ1n) is 8.05. The van der Waals surface area contributed by atoms with Gasteiger partial charge in [-0.15, -0.1) is 0 Å². The van der Waals surface area contributed by atoms with Gasteiger partial charge in [0.1, 0.15) is 0 Å². The lowest BCUT2D eigenvalue weighted by Gasteiger charge is -2.30. The lowest BCUT2D eigenvalue weighted by atomic mass is 10.0. The Morgan fingerprint density at radius 1 is 1.33 bits per heavy atom. The van der Waals surface area contributed by atoms with Crippen molar-refractivity contribution in [2.75, 3.05) is 19.6 Å². The second kappa shape index (κ2) is 8.63. The van der Waals surface area contributed by atoms with E-state index in [0.717, 1.165) is 31.6 Å². The number of nitrogens with one attached hydrogen (secondary N) is 1. The van der Waals surface area contributed by atoms with Gasteiger partial charge in [-0.3, -0.25) is 4.79 Å². The molecule has 1 saturated heterocycles. The van der Waals surface area contributed by atoms with Crippen LogP contribution in [0.4, 0.5) is 0 Å². The van der Waals surface area contributed by atoms with Gasteiger partial charge >= 0.3 is 0 Å². The Morgan fingerprint density at radius 2 is 2.14 bits per heavy atom. The highest BCUT2D eigenvalue weighted by atomic mass is 16.2. The van der Waals surface area contributed by atoms with Gasteiger partial charge in [-0.1, -0.05) is 43.7 Å². The predicted octanol–water partition coefficient (Wildman–Crippen LogP) is 3.08. The molecule has 1 N–H and O–H groups in total. The topological polar surface area (TPSA) is 32.3 Å². The van der Waals surface area contributed by atoms with Gasteiger partial charge < -0.3 is 10.2 Å². The number of carbonyl (C=O) groups is 1. The molecule has 2 rings (SSSR count). The fourth-order valence-corrected chi connectivity index (χ4v) is 2.74. The largest absolute Gasteiger partial charge is 0.338 e. The molecule has 0 radical (unpaired) electrons. The number of hydrogen-bond donors (Lipinski definition) is 1. The summed E-state index contributed by atoms with van der Waals surface area (Å²) in [6.45, 7) is 4.86. The van der Waals surface area contributed by atoms with E-state index in [4.69, 9.17) is 0 Å². The molecule has 1 aliphatic heterocycles. The molecule has 0 bridgehead atoms. The van der Waals surface area contributed by atoms with Gasteiger partial charge in [-0.2, -0.15) is 0 Å². The predicted molar refractivity (Wildman–Crippen MR) is 88.0 cm³/mol. The molecule has 1 aromatic carbocycles. The molecule has 1 aliphatic rings. The van der Waals surface area contributed by atoms with Crippen LogP contribution in [0.3, 0.4) is 0 Å². The first-order chi connectivity index (χ1) is 10.3. The van der Waals surface area contributed by atoms with Crippen LogP contribution in [0.15, 0.2) is 36.4 Å². The van der Waals surface area contributed by atoms with Crippen molar-refractivity contribution in [1.82, 2.24) is 10.2 Å². The van der Waals surface area contributed by atoms with Gasteiger partial charge in [0.05, 0.1) is 0 Å². The van der Waals surface area contributed by atoms with Crippen LogP contribution >= 0.6 is 0 Å². The highest BCUT2D eigenvalue weighted by Gasteiger charge is 2.18. The molecule has 0 spiro atoms. The average molecular weight is 286 g/mol. The third-order valence-corrected chi connectivity index (χ3v) is 3.88. The Morgan fingerprint density at radius 3 is 2.81 bits per heavy atom. The summed E-state index contributed by atoms with van der Waals surface area (Å²) in [6.07, 6.45) is 8.30. The average Bonchev–Trinajstić information content (AvgIpc) is 2.54. The highest BCUT2D eigenvalue weighted by Crippen LogP contribution is 2.10. The normalized spacial score (nSPS) is 18.8. The van der Waals surface area contributed by atoms with E-state index in [1.807, 2.05) is 41.3 Å². The Balaban J connectivity index is 1.93. The molecule has 1 aromatic rings. The van der Waals surface area contributed by atoms with Gasteiger partial charge in [-0.05, 0) is 37.4 Å². The van der Waals surface area contributed by atoms with E-state index < -0.39 is 0 Å². The number of hydrogen-bond acceptors (Lipinski definition) is 2. The first-order valence-corrected chi connectivity index (χ1v) is 8.05. The molecule has 1 fully saturated rings. The standard InChI is InChI=1S/C18H26N2O/c1-2-14-20(15-17-10-6-7-13-19-17)18(21)12-11-16-8-4-3-5-9-16/h3-5,8-9,11-12,17,19H,2,6-7,10,13-15H2,1H3/b12-11+. The maximum Gasteiger partial charge on any atom is 0.246 e. The first kappa shape index (κ1) is 15.8. The fourth-order valence-electron chi connectivity index (χ4n) is 2.74. The zero-order chi connectivity index (χ0) is 14.9. The Kier molecular flexibility index (Phi) is 6.48. The van der Waals surface area contributed by atoms with Crippen molar-refractivity contribution in [3.63, 3.8) is 0 Å². The number of nitrogens with zero attached hydrogens (tertiary/aromatic N) is 1. The van der Waals surface area contributed by atoms with Gasteiger partial charge in [0, 0.05) is 25.2 Å². The summed E-state index contributed by atoms with van der Waals surface area (Å²) in [5.74, 6) is 0.119. The summed E-state index contributed by atoms with van der Waals surface area (Å²) in [7, 11) is 0. The molecule has 21 heavy (non-hydrogen) atoms. The summed E-state index contributed by atoms with van der Waals surface area (Å²) in [5, 5.41) is 3.52. The van der Waals surface area contributed by atoms with Crippen molar-refractivity contribution >= 4 is 12.0 Å². The summed E-state index contributed by atoms with van der Waals surface area (Å²) >= 11 is 0. The van der Waals surface area contributed by atoms with E-state index in [2.05, 4.69) is 12.2 Å². The smallest absolute Gasteiger partial charge is 0.246 e. The van der Waals surface area contributed by atoms with E-state index >= 15 is 0 Å². The van der Waals surface area contributed by atoms with Crippen LogP contribution in [0.25, 0.3) is 6.08 Å². The SMILES string of the molecule is CCCN(CC1CCCCN1)C(=O)/C=C/c1ccccc1. The second-order valence-corrected chi connectivity index (χ2v) is 5.68. The van der Waals surface area contributed by atoms with E-state index in [1.54, 1.807) is 6.08 Å². The molecule has 1 amide bonds. The molecule has 3 nitrogen and oxygen atoms in total. The number of rotatable bonds is 6. The van der Waals surface area contributed by atoms with Gasteiger partial charge in [0.25, 0.3) is 0 Å². The van der Waals surface area contributed by atoms with Crippen molar-refractivity contribution in [2.45, 2.75) is 38.6 Å². The van der Waals surface area contributed by atoms with Crippen molar-refractivity contribution in [1.29, 1.82) is 0 Å². The van der Waals surface area contributed by atoms with Crippen molar-refractivity contribution in [3.8, 4) is 0 Å². The number of carbonyl (C=O) groups excluding carboxylic acids is 1. The molecule has 0 aliphatic carbocycles. The molecule has 0 aromatic heterocycles. The third-order valence-electron chi connectivity index (χ3n) is 3.88. The fraction of sp³-hybridized carbons (Fsp3) is 0.500. The van der Waals surface area contributed by atoms with E-state index in [0.29, 0.717) is 6.04 Å². The Bertz CT molecular complexity index is 450. The van der Waals surface area contributed by atoms with Crippen LogP contribution in [0.1, 0.15) is 38.2 Å².